The molecule has 1 amide bonds. The van der Waals surface area contributed by atoms with Gasteiger partial charge in [0.15, 0.2) is 11.5 Å². The molecular formula is C19H22N2O3. The third-order valence-corrected chi connectivity index (χ3v) is 5.03. The van der Waals surface area contributed by atoms with Gasteiger partial charge in [-0.15, -0.1) is 0 Å². The molecule has 5 heteroatoms. The lowest BCUT2D eigenvalue weighted by Gasteiger charge is -2.22. The summed E-state index contributed by atoms with van der Waals surface area (Å²) in [5, 5.41) is 0.961. The van der Waals surface area contributed by atoms with Crippen molar-refractivity contribution in [3.63, 3.8) is 0 Å². The van der Waals surface area contributed by atoms with Gasteiger partial charge in [-0.3, -0.25) is 9.78 Å². The first-order valence-electron chi connectivity index (χ1n) is 8.65. The molecule has 4 rings (SSSR count). The molecule has 126 valence electrons. The van der Waals surface area contributed by atoms with E-state index in [2.05, 4.69) is 4.98 Å². The van der Waals surface area contributed by atoms with Crippen molar-refractivity contribution >= 4 is 16.8 Å². The lowest BCUT2D eigenvalue weighted by Crippen LogP contribution is -2.33. The lowest BCUT2D eigenvalue weighted by atomic mass is 10.00. The Morgan fingerprint density at radius 2 is 1.71 bits per heavy atom. The molecule has 2 aliphatic rings. The molecule has 2 aliphatic heterocycles. The SMILES string of the molecule is Cc1nc2cc3c(cc2c(C)c1C(=O)N1CCCCCC1)OCO3. The molecule has 2 aromatic rings. The zero-order chi connectivity index (χ0) is 16.7. The molecule has 0 unspecified atom stereocenters. The van der Waals surface area contributed by atoms with E-state index < -0.39 is 0 Å². The Hall–Kier alpha value is -2.30. The number of benzene rings is 1. The molecule has 24 heavy (non-hydrogen) atoms. The van der Waals surface area contributed by atoms with Crippen molar-refractivity contribution in [1.29, 1.82) is 0 Å². The fourth-order valence-corrected chi connectivity index (χ4v) is 3.71. The van der Waals surface area contributed by atoms with E-state index in [4.69, 9.17) is 9.47 Å². The van der Waals surface area contributed by atoms with E-state index in [1.165, 1.54) is 12.8 Å². The molecule has 1 fully saturated rings. The van der Waals surface area contributed by atoms with Crippen LogP contribution in [0.15, 0.2) is 12.1 Å². The van der Waals surface area contributed by atoms with Gasteiger partial charge >= 0.3 is 0 Å². The summed E-state index contributed by atoms with van der Waals surface area (Å²) in [4.78, 5) is 19.8. The van der Waals surface area contributed by atoms with E-state index in [1.807, 2.05) is 30.9 Å². The maximum absolute atomic E-state index is 13.1. The molecule has 0 bridgehead atoms. The smallest absolute Gasteiger partial charge is 0.255 e. The van der Waals surface area contributed by atoms with Gasteiger partial charge in [-0.1, -0.05) is 12.8 Å². The summed E-state index contributed by atoms with van der Waals surface area (Å²) in [6, 6.07) is 3.84. The summed E-state index contributed by atoms with van der Waals surface area (Å²) in [5.74, 6) is 1.56. The number of hydrogen-bond donors (Lipinski definition) is 0. The fraction of sp³-hybridized carbons (Fsp3) is 0.474. The number of carbonyl (C=O) groups excluding carboxylic acids is 1. The van der Waals surface area contributed by atoms with Gasteiger partial charge in [-0.05, 0) is 38.3 Å². The van der Waals surface area contributed by atoms with Crippen molar-refractivity contribution in [2.45, 2.75) is 39.5 Å². The highest BCUT2D eigenvalue weighted by atomic mass is 16.7. The summed E-state index contributed by atoms with van der Waals surface area (Å²) >= 11 is 0. The third kappa shape index (κ3) is 2.48. The summed E-state index contributed by atoms with van der Waals surface area (Å²) < 4.78 is 10.9. The highest BCUT2D eigenvalue weighted by Gasteiger charge is 2.24. The predicted octanol–water partition coefficient (Wildman–Crippen LogP) is 3.60. The maximum Gasteiger partial charge on any atom is 0.255 e. The fourth-order valence-electron chi connectivity index (χ4n) is 3.71. The third-order valence-electron chi connectivity index (χ3n) is 5.03. The molecule has 1 saturated heterocycles. The van der Waals surface area contributed by atoms with Crippen molar-refractivity contribution in [3.05, 3.63) is 29.0 Å². The number of nitrogens with zero attached hydrogens (tertiary/aromatic N) is 2. The van der Waals surface area contributed by atoms with Crippen LogP contribution in [0.1, 0.15) is 47.3 Å². The second-order valence-electron chi connectivity index (χ2n) is 6.63. The molecule has 0 saturated carbocycles. The number of fused-ring (bicyclic) bond motifs is 2. The van der Waals surface area contributed by atoms with Crippen molar-refractivity contribution < 1.29 is 14.3 Å². The Morgan fingerprint density at radius 1 is 1.04 bits per heavy atom. The summed E-state index contributed by atoms with van der Waals surface area (Å²) in [5.41, 5.74) is 3.35. The van der Waals surface area contributed by atoms with Crippen molar-refractivity contribution in [2.24, 2.45) is 0 Å². The number of aromatic nitrogens is 1. The zero-order valence-corrected chi connectivity index (χ0v) is 14.2. The van der Waals surface area contributed by atoms with E-state index >= 15 is 0 Å². The van der Waals surface area contributed by atoms with Crippen LogP contribution in [-0.2, 0) is 0 Å². The number of rotatable bonds is 1. The molecule has 3 heterocycles. The van der Waals surface area contributed by atoms with E-state index in [0.29, 0.717) is 0 Å². The summed E-state index contributed by atoms with van der Waals surface area (Å²) in [6.45, 7) is 5.85. The number of ether oxygens (including phenoxy) is 2. The van der Waals surface area contributed by atoms with E-state index in [9.17, 15) is 4.79 Å². The number of hydrogen-bond acceptors (Lipinski definition) is 4. The Morgan fingerprint density at radius 3 is 2.42 bits per heavy atom. The highest BCUT2D eigenvalue weighted by Crippen LogP contribution is 2.37. The zero-order valence-electron chi connectivity index (χ0n) is 14.2. The Kier molecular flexibility index (Phi) is 3.79. The molecule has 0 aliphatic carbocycles. The van der Waals surface area contributed by atoms with Crippen LogP contribution in [0.3, 0.4) is 0 Å². The van der Waals surface area contributed by atoms with Crippen LogP contribution >= 0.6 is 0 Å². The minimum absolute atomic E-state index is 0.110. The second kappa shape index (κ2) is 5.96. The molecule has 0 atom stereocenters. The number of aryl methyl sites for hydroxylation is 2. The average molecular weight is 326 g/mol. The van der Waals surface area contributed by atoms with E-state index in [-0.39, 0.29) is 12.7 Å². The highest BCUT2D eigenvalue weighted by molar-refractivity contribution is 6.01. The standard InChI is InChI=1S/C19H22N2O3/c1-12-14-9-16-17(24-11-23-16)10-15(14)20-13(2)18(12)19(22)21-7-5-3-4-6-8-21/h9-10H,3-8,11H2,1-2H3. The van der Waals surface area contributed by atoms with Crippen LogP contribution in [-0.4, -0.2) is 35.7 Å². The minimum Gasteiger partial charge on any atom is -0.454 e. The Balaban J connectivity index is 1.80. The molecule has 0 N–H and O–H groups in total. The van der Waals surface area contributed by atoms with Crippen molar-refractivity contribution in [2.75, 3.05) is 19.9 Å². The average Bonchev–Trinajstić information content (AvgIpc) is 2.84. The van der Waals surface area contributed by atoms with Gasteiger partial charge in [0.25, 0.3) is 5.91 Å². The topological polar surface area (TPSA) is 51.7 Å². The lowest BCUT2D eigenvalue weighted by molar-refractivity contribution is 0.0760. The van der Waals surface area contributed by atoms with Gasteiger partial charge in [-0.2, -0.15) is 0 Å². The maximum atomic E-state index is 13.1. The minimum atomic E-state index is 0.110. The molecule has 1 aromatic carbocycles. The molecular weight excluding hydrogens is 304 g/mol. The van der Waals surface area contributed by atoms with Crippen molar-refractivity contribution in [1.82, 2.24) is 9.88 Å². The molecule has 0 radical (unpaired) electrons. The van der Waals surface area contributed by atoms with Crippen LogP contribution in [0, 0.1) is 13.8 Å². The Labute approximate surface area is 141 Å². The van der Waals surface area contributed by atoms with Crippen LogP contribution in [0.25, 0.3) is 10.9 Å². The number of likely N-dealkylation sites (tertiary alicyclic amines) is 1. The van der Waals surface area contributed by atoms with Gasteiger partial charge in [0.2, 0.25) is 6.79 Å². The van der Waals surface area contributed by atoms with E-state index in [1.54, 1.807) is 0 Å². The van der Waals surface area contributed by atoms with Gasteiger partial charge in [0, 0.05) is 24.5 Å². The number of pyridine rings is 1. The first-order valence-corrected chi connectivity index (χ1v) is 8.65. The van der Waals surface area contributed by atoms with Gasteiger partial charge < -0.3 is 14.4 Å². The second-order valence-corrected chi connectivity index (χ2v) is 6.63. The monoisotopic (exact) mass is 326 g/mol. The number of amides is 1. The first kappa shape index (κ1) is 15.2. The van der Waals surface area contributed by atoms with Crippen LogP contribution in [0.5, 0.6) is 11.5 Å². The first-order chi connectivity index (χ1) is 11.6. The van der Waals surface area contributed by atoms with Crippen molar-refractivity contribution in [3.8, 4) is 11.5 Å². The molecule has 5 nitrogen and oxygen atoms in total. The van der Waals surface area contributed by atoms with Gasteiger partial charge in [0.05, 0.1) is 16.8 Å². The quantitative estimate of drug-likeness (QED) is 0.803. The van der Waals surface area contributed by atoms with Crippen LogP contribution in [0.2, 0.25) is 0 Å². The van der Waals surface area contributed by atoms with Gasteiger partial charge in [-0.25, -0.2) is 0 Å². The Bertz CT molecular complexity index is 808. The van der Waals surface area contributed by atoms with Crippen LogP contribution < -0.4 is 9.47 Å². The molecule has 0 spiro atoms. The largest absolute Gasteiger partial charge is 0.454 e. The normalized spacial score (nSPS) is 17.2. The summed E-state index contributed by atoms with van der Waals surface area (Å²) in [7, 11) is 0. The van der Waals surface area contributed by atoms with Crippen LogP contribution in [0.4, 0.5) is 0 Å². The number of carbonyl (C=O) groups is 1. The van der Waals surface area contributed by atoms with E-state index in [0.717, 1.165) is 65.2 Å². The van der Waals surface area contributed by atoms with Gasteiger partial charge in [0.1, 0.15) is 0 Å². The predicted molar refractivity (Wildman–Crippen MR) is 91.7 cm³/mol. The summed E-state index contributed by atoms with van der Waals surface area (Å²) in [6.07, 6.45) is 4.59. The molecule has 1 aromatic heterocycles.